The number of aliphatic hydroxyl groups excluding tert-OH is 2. The highest BCUT2D eigenvalue weighted by molar-refractivity contribution is 5.76. The maximum absolute atomic E-state index is 12.5. The van der Waals surface area contributed by atoms with Crippen LogP contribution in [0, 0.1) is 0 Å². The number of carbonyl (C=O) groups excluding carboxylic acids is 2. The lowest BCUT2D eigenvalue weighted by atomic mass is 10.0. The van der Waals surface area contributed by atoms with Crippen molar-refractivity contribution >= 4 is 11.9 Å². The molecule has 0 radical (unpaired) electrons. The standard InChI is InChI=1S/C74H143NO5/c1-3-5-7-9-11-13-15-17-19-21-31-35-38-42-46-50-54-58-62-66-72(77)71(70-76)75-73(78)67-63-59-55-51-47-43-39-36-32-29-27-25-23-22-24-26-28-30-33-37-41-45-49-53-57-61-65-69-80-74(79)68-64-60-56-52-48-44-40-34-20-18-16-14-12-10-8-6-4-2/h22-23,62,66,71-72,76-77H,3-21,24-61,63-65,67-70H2,1-2H3,(H,75,78)/b23-22-,66-62+. The van der Waals surface area contributed by atoms with Crippen molar-refractivity contribution in [2.24, 2.45) is 0 Å². The van der Waals surface area contributed by atoms with Gasteiger partial charge in [-0.3, -0.25) is 9.59 Å². The van der Waals surface area contributed by atoms with Gasteiger partial charge in [-0.2, -0.15) is 0 Å². The van der Waals surface area contributed by atoms with Crippen LogP contribution in [-0.4, -0.2) is 47.4 Å². The molecule has 0 bridgehead atoms. The van der Waals surface area contributed by atoms with Gasteiger partial charge in [-0.05, 0) is 57.8 Å². The molecule has 0 fully saturated rings. The minimum atomic E-state index is -0.845. The van der Waals surface area contributed by atoms with Gasteiger partial charge in [-0.25, -0.2) is 0 Å². The molecule has 0 saturated heterocycles. The molecule has 0 aromatic heterocycles. The quantitative estimate of drug-likeness (QED) is 0.0320. The lowest BCUT2D eigenvalue weighted by Crippen LogP contribution is -2.45. The van der Waals surface area contributed by atoms with Crippen LogP contribution in [0.25, 0.3) is 0 Å². The first-order chi connectivity index (χ1) is 39.5. The number of amides is 1. The summed E-state index contributed by atoms with van der Waals surface area (Å²) in [5, 5.41) is 23.2. The molecule has 0 aliphatic heterocycles. The summed E-state index contributed by atoms with van der Waals surface area (Å²) in [7, 11) is 0. The molecule has 474 valence electrons. The van der Waals surface area contributed by atoms with Crippen LogP contribution in [0.2, 0.25) is 0 Å². The number of unbranched alkanes of at least 4 members (excludes halogenated alkanes) is 56. The van der Waals surface area contributed by atoms with E-state index in [1.54, 1.807) is 6.08 Å². The van der Waals surface area contributed by atoms with Crippen LogP contribution >= 0.6 is 0 Å². The van der Waals surface area contributed by atoms with Crippen LogP contribution in [0.1, 0.15) is 412 Å². The largest absolute Gasteiger partial charge is 0.466 e. The summed E-state index contributed by atoms with van der Waals surface area (Å²) in [5.74, 6) is -0.0454. The van der Waals surface area contributed by atoms with Crippen LogP contribution in [-0.2, 0) is 14.3 Å². The fourth-order valence-corrected chi connectivity index (χ4v) is 11.6. The highest BCUT2D eigenvalue weighted by atomic mass is 16.5. The summed E-state index contributed by atoms with van der Waals surface area (Å²) in [5.41, 5.74) is 0. The summed E-state index contributed by atoms with van der Waals surface area (Å²) in [6.07, 6.45) is 88.4. The van der Waals surface area contributed by atoms with Crippen LogP contribution < -0.4 is 5.32 Å². The van der Waals surface area contributed by atoms with Gasteiger partial charge in [-0.1, -0.05) is 366 Å². The zero-order valence-electron chi connectivity index (χ0n) is 54.3. The molecule has 0 rings (SSSR count). The Kier molecular flexibility index (Phi) is 68.4. The van der Waals surface area contributed by atoms with Crippen molar-refractivity contribution in [2.45, 2.75) is 424 Å². The number of nitrogens with one attached hydrogen (secondary N) is 1. The van der Waals surface area contributed by atoms with E-state index in [4.69, 9.17) is 4.74 Å². The normalized spacial score (nSPS) is 12.6. The van der Waals surface area contributed by atoms with Crippen molar-refractivity contribution in [3.05, 3.63) is 24.3 Å². The Labute approximate surface area is 501 Å². The maximum Gasteiger partial charge on any atom is 0.305 e. The molecule has 2 unspecified atom stereocenters. The number of esters is 1. The fourth-order valence-electron chi connectivity index (χ4n) is 11.6. The molecule has 80 heavy (non-hydrogen) atoms. The minimum Gasteiger partial charge on any atom is -0.466 e. The van der Waals surface area contributed by atoms with Gasteiger partial charge in [0.1, 0.15) is 0 Å². The second-order valence-electron chi connectivity index (χ2n) is 25.3. The van der Waals surface area contributed by atoms with Gasteiger partial charge in [0.2, 0.25) is 5.91 Å². The third-order valence-corrected chi connectivity index (χ3v) is 17.2. The Bertz CT molecular complexity index is 1250. The van der Waals surface area contributed by atoms with E-state index in [2.05, 4.69) is 31.3 Å². The maximum atomic E-state index is 12.5. The molecule has 0 saturated carbocycles. The van der Waals surface area contributed by atoms with E-state index in [-0.39, 0.29) is 18.5 Å². The average molecular weight is 1130 g/mol. The summed E-state index contributed by atoms with van der Waals surface area (Å²) < 4.78 is 5.51. The molecule has 1 amide bonds. The summed E-state index contributed by atoms with van der Waals surface area (Å²) in [6, 6.07) is -0.629. The topological polar surface area (TPSA) is 95.9 Å². The molecule has 0 spiro atoms. The molecule has 0 aromatic rings. The lowest BCUT2D eigenvalue weighted by molar-refractivity contribution is -0.143. The van der Waals surface area contributed by atoms with Gasteiger partial charge in [0.05, 0.1) is 25.4 Å². The number of allylic oxidation sites excluding steroid dienone is 3. The first kappa shape index (κ1) is 78.3. The highest BCUT2D eigenvalue weighted by Crippen LogP contribution is 2.19. The first-order valence-corrected chi connectivity index (χ1v) is 36.6. The lowest BCUT2D eigenvalue weighted by Gasteiger charge is -2.20. The van der Waals surface area contributed by atoms with Gasteiger partial charge >= 0.3 is 5.97 Å². The third-order valence-electron chi connectivity index (χ3n) is 17.2. The Balaban J connectivity index is 3.39. The van der Waals surface area contributed by atoms with E-state index in [1.807, 2.05) is 6.08 Å². The van der Waals surface area contributed by atoms with Gasteiger partial charge in [0, 0.05) is 12.8 Å². The van der Waals surface area contributed by atoms with Crippen molar-refractivity contribution < 1.29 is 24.5 Å². The second-order valence-corrected chi connectivity index (χ2v) is 25.3. The van der Waals surface area contributed by atoms with E-state index < -0.39 is 12.1 Å². The number of hydrogen-bond donors (Lipinski definition) is 3. The fraction of sp³-hybridized carbons (Fsp3) is 0.919. The minimum absolute atomic E-state index is 0.0195. The van der Waals surface area contributed by atoms with Crippen molar-refractivity contribution in [2.75, 3.05) is 13.2 Å². The van der Waals surface area contributed by atoms with Crippen LogP contribution in [0.3, 0.4) is 0 Å². The Hall–Kier alpha value is -1.66. The number of carbonyl (C=O) groups is 2. The molecular weight excluding hydrogens is 983 g/mol. The monoisotopic (exact) mass is 1130 g/mol. The Morgan fingerprint density at radius 2 is 0.588 bits per heavy atom. The van der Waals surface area contributed by atoms with E-state index in [0.717, 1.165) is 38.5 Å². The van der Waals surface area contributed by atoms with E-state index in [0.29, 0.717) is 19.4 Å². The number of aliphatic hydroxyl groups is 2. The zero-order valence-corrected chi connectivity index (χ0v) is 54.3. The molecule has 2 atom stereocenters. The predicted molar refractivity (Wildman–Crippen MR) is 352 cm³/mol. The van der Waals surface area contributed by atoms with Crippen molar-refractivity contribution in [3.8, 4) is 0 Å². The number of ether oxygens (including phenoxy) is 1. The SMILES string of the molecule is CCCCCCCCCCCCCCCCCCC/C=C/C(O)C(CO)NC(=O)CCCCCCCCCCCCC/C=C\CCCCCCCCCCCCCCOC(=O)CCCCCCCCCCCCCCCCCCC. The highest BCUT2D eigenvalue weighted by Gasteiger charge is 2.18. The van der Waals surface area contributed by atoms with Gasteiger partial charge in [0.25, 0.3) is 0 Å². The van der Waals surface area contributed by atoms with Gasteiger partial charge in [0.15, 0.2) is 0 Å². The van der Waals surface area contributed by atoms with Crippen LogP contribution in [0.5, 0.6) is 0 Å². The molecule has 6 heteroatoms. The predicted octanol–water partition coefficient (Wildman–Crippen LogP) is 23.7. The van der Waals surface area contributed by atoms with Gasteiger partial charge in [-0.15, -0.1) is 0 Å². The smallest absolute Gasteiger partial charge is 0.305 e. The summed E-state index contributed by atoms with van der Waals surface area (Å²) in [4.78, 5) is 24.6. The molecule has 0 aromatic carbocycles. The summed E-state index contributed by atoms with van der Waals surface area (Å²) in [6.45, 7) is 4.95. The second kappa shape index (κ2) is 69.8. The summed E-state index contributed by atoms with van der Waals surface area (Å²) >= 11 is 0. The van der Waals surface area contributed by atoms with Crippen LogP contribution in [0.15, 0.2) is 24.3 Å². The van der Waals surface area contributed by atoms with Crippen molar-refractivity contribution in [1.82, 2.24) is 5.32 Å². The molecular formula is C74H143NO5. The Morgan fingerprint density at radius 1 is 0.338 bits per heavy atom. The molecule has 3 N–H and O–H groups in total. The first-order valence-electron chi connectivity index (χ1n) is 36.6. The average Bonchev–Trinajstić information content (AvgIpc) is 3.46. The van der Waals surface area contributed by atoms with E-state index >= 15 is 0 Å². The van der Waals surface area contributed by atoms with Crippen molar-refractivity contribution in [1.29, 1.82) is 0 Å². The Morgan fingerprint density at radius 3 is 0.887 bits per heavy atom. The van der Waals surface area contributed by atoms with E-state index in [9.17, 15) is 19.8 Å². The third kappa shape index (κ3) is 65.5. The van der Waals surface area contributed by atoms with Crippen molar-refractivity contribution in [3.63, 3.8) is 0 Å². The molecule has 0 aliphatic carbocycles. The number of rotatable bonds is 69. The van der Waals surface area contributed by atoms with E-state index in [1.165, 1.54) is 347 Å². The molecule has 6 nitrogen and oxygen atoms in total. The zero-order chi connectivity index (χ0) is 57.8. The van der Waals surface area contributed by atoms with Crippen LogP contribution in [0.4, 0.5) is 0 Å². The molecule has 0 heterocycles. The van der Waals surface area contributed by atoms with Gasteiger partial charge < -0.3 is 20.3 Å². The molecule has 0 aliphatic rings. The number of hydrogen-bond acceptors (Lipinski definition) is 5.